The zero-order valence-electron chi connectivity index (χ0n) is 18.1. The van der Waals surface area contributed by atoms with Crippen LogP contribution in [0, 0.1) is 37.0 Å². The molecular formula is C24H29N3O4. The first-order valence-corrected chi connectivity index (χ1v) is 11.2. The molecule has 4 bridgehead atoms. The molecule has 4 aliphatic carbocycles. The van der Waals surface area contributed by atoms with Crippen molar-refractivity contribution in [2.75, 3.05) is 0 Å². The monoisotopic (exact) mass is 423 g/mol. The van der Waals surface area contributed by atoms with Gasteiger partial charge in [-0.1, -0.05) is 11.2 Å². The average molecular weight is 424 g/mol. The van der Waals surface area contributed by atoms with E-state index in [1.807, 2.05) is 13.8 Å². The van der Waals surface area contributed by atoms with Crippen molar-refractivity contribution in [2.24, 2.45) is 23.2 Å². The van der Waals surface area contributed by atoms with Crippen LogP contribution in [0.4, 0.5) is 0 Å². The first-order chi connectivity index (χ1) is 14.9. The molecule has 0 radical (unpaired) electrons. The fourth-order valence-electron chi connectivity index (χ4n) is 6.30. The molecule has 4 aliphatic rings. The van der Waals surface area contributed by atoms with E-state index < -0.39 is 0 Å². The van der Waals surface area contributed by atoms with Crippen molar-refractivity contribution in [1.29, 1.82) is 0 Å². The predicted octanol–water partition coefficient (Wildman–Crippen LogP) is 3.85. The standard InChI is InChI=1S/C24H29N3O4/c1-14-21(15(2)31-27-14)13-30-20-5-3-4-19(9-20)22(28)25-26-23(29)24-10-16-6-17(11-24)8-18(7-16)12-24/h3-5,9,16-18H,6-8,10-13H2,1-2H3,(H,25,28)(H,26,29). The Morgan fingerprint density at radius 3 is 2.39 bits per heavy atom. The summed E-state index contributed by atoms with van der Waals surface area (Å²) in [5, 5.41) is 3.92. The van der Waals surface area contributed by atoms with Gasteiger partial charge in [0.25, 0.3) is 5.91 Å². The number of hydrogen-bond acceptors (Lipinski definition) is 5. The highest BCUT2D eigenvalue weighted by molar-refractivity contribution is 5.96. The summed E-state index contributed by atoms with van der Waals surface area (Å²) < 4.78 is 11.0. The number of nitrogens with one attached hydrogen (secondary N) is 2. The van der Waals surface area contributed by atoms with Gasteiger partial charge in [-0.15, -0.1) is 0 Å². The van der Waals surface area contributed by atoms with Gasteiger partial charge in [-0.05, 0) is 88.3 Å². The quantitative estimate of drug-likeness (QED) is 0.713. The molecule has 1 heterocycles. The Labute approximate surface area is 181 Å². The Hall–Kier alpha value is -2.83. The Balaban J connectivity index is 1.19. The van der Waals surface area contributed by atoms with Gasteiger partial charge in [-0.25, -0.2) is 0 Å². The lowest BCUT2D eigenvalue weighted by Crippen LogP contribution is -2.56. The number of aromatic nitrogens is 1. The van der Waals surface area contributed by atoms with Crippen LogP contribution in [0.25, 0.3) is 0 Å². The van der Waals surface area contributed by atoms with Crippen molar-refractivity contribution in [2.45, 2.75) is 59.0 Å². The predicted molar refractivity (Wildman–Crippen MR) is 113 cm³/mol. The molecule has 164 valence electrons. The van der Waals surface area contributed by atoms with Crippen LogP contribution in [-0.2, 0) is 11.4 Å². The number of carbonyl (C=O) groups excluding carboxylic acids is 2. The van der Waals surface area contributed by atoms with Crippen LogP contribution in [-0.4, -0.2) is 17.0 Å². The Bertz CT molecular complexity index is 957. The minimum absolute atomic E-state index is 0.0224. The lowest BCUT2D eigenvalue weighted by Gasteiger charge is -2.55. The van der Waals surface area contributed by atoms with Crippen LogP contribution >= 0.6 is 0 Å². The van der Waals surface area contributed by atoms with E-state index >= 15 is 0 Å². The van der Waals surface area contributed by atoms with Gasteiger partial charge in [0, 0.05) is 5.56 Å². The zero-order valence-corrected chi connectivity index (χ0v) is 18.1. The van der Waals surface area contributed by atoms with Crippen molar-refractivity contribution in [3.05, 3.63) is 46.8 Å². The summed E-state index contributed by atoms with van der Waals surface area (Å²) in [5.74, 6) is 2.96. The topological polar surface area (TPSA) is 93.5 Å². The van der Waals surface area contributed by atoms with Crippen molar-refractivity contribution >= 4 is 11.8 Å². The molecule has 6 rings (SSSR count). The summed E-state index contributed by atoms with van der Waals surface area (Å²) in [6.45, 7) is 4.02. The smallest absolute Gasteiger partial charge is 0.269 e. The minimum Gasteiger partial charge on any atom is -0.489 e. The second-order valence-electron chi connectivity index (χ2n) is 9.73. The average Bonchev–Trinajstić information content (AvgIpc) is 3.06. The van der Waals surface area contributed by atoms with Gasteiger partial charge < -0.3 is 9.26 Å². The summed E-state index contributed by atoms with van der Waals surface area (Å²) >= 11 is 0. The number of rotatable bonds is 5. The molecule has 7 heteroatoms. The largest absolute Gasteiger partial charge is 0.489 e. The van der Waals surface area contributed by atoms with Gasteiger partial charge in [-0.3, -0.25) is 20.4 Å². The first-order valence-electron chi connectivity index (χ1n) is 11.2. The van der Waals surface area contributed by atoms with Crippen LogP contribution < -0.4 is 15.6 Å². The molecule has 7 nitrogen and oxygen atoms in total. The second-order valence-corrected chi connectivity index (χ2v) is 9.73. The maximum absolute atomic E-state index is 13.0. The molecule has 4 fully saturated rings. The lowest BCUT2D eigenvalue weighted by molar-refractivity contribution is -0.147. The zero-order chi connectivity index (χ0) is 21.6. The molecule has 31 heavy (non-hydrogen) atoms. The molecule has 0 aliphatic heterocycles. The number of benzene rings is 1. The van der Waals surface area contributed by atoms with Crippen molar-refractivity contribution in [3.8, 4) is 5.75 Å². The maximum Gasteiger partial charge on any atom is 0.269 e. The maximum atomic E-state index is 13.0. The van der Waals surface area contributed by atoms with E-state index in [0.717, 1.165) is 36.3 Å². The molecule has 2 aromatic rings. The lowest BCUT2D eigenvalue weighted by atomic mass is 9.49. The Morgan fingerprint density at radius 2 is 1.77 bits per heavy atom. The molecule has 1 aromatic heterocycles. The van der Waals surface area contributed by atoms with Gasteiger partial charge in [0.2, 0.25) is 5.91 Å². The van der Waals surface area contributed by atoms with Crippen LogP contribution in [0.5, 0.6) is 5.75 Å². The van der Waals surface area contributed by atoms with Gasteiger partial charge in [0.1, 0.15) is 18.1 Å². The number of nitrogens with zero attached hydrogens (tertiary/aromatic N) is 1. The van der Waals surface area contributed by atoms with E-state index in [1.165, 1.54) is 19.3 Å². The number of hydrogen-bond donors (Lipinski definition) is 2. The van der Waals surface area contributed by atoms with Crippen molar-refractivity contribution in [3.63, 3.8) is 0 Å². The Morgan fingerprint density at radius 1 is 1.10 bits per heavy atom. The fourth-order valence-corrected chi connectivity index (χ4v) is 6.30. The molecule has 1 aromatic carbocycles. The van der Waals surface area contributed by atoms with Gasteiger partial charge >= 0.3 is 0 Å². The van der Waals surface area contributed by atoms with E-state index in [9.17, 15) is 9.59 Å². The van der Waals surface area contributed by atoms with Crippen LogP contribution in [0.15, 0.2) is 28.8 Å². The summed E-state index contributed by atoms with van der Waals surface area (Å²) in [6, 6.07) is 6.93. The van der Waals surface area contributed by atoms with Gasteiger partial charge in [-0.2, -0.15) is 0 Å². The van der Waals surface area contributed by atoms with Gasteiger partial charge in [0.05, 0.1) is 16.7 Å². The van der Waals surface area contributed by atoms with Crippen LogP contribution in [0.2, 0.25) is 0 Å². The highest BCUT2D eigenvalue weighted by atomic mass is 16.5. The highest BCUT2D eigenvalue weighted by Gasteiger charge is 2.54. The fraction of sp³-hybridized carbons (Fsp3) is 0.542. The van der Waals surface area contributed by atoms with E-state index in [2.05, 4.69) is 16.0 Å². The molecular weight excluding hydrogens is 394 g/mol. The van der Waals surface area contributed by atoms with E-state index in [-0.39, 0.29) is 17.2 Å². The van der Waals surface area contributed by atoms with Crippen molar-refractivity contribution < 1.29 is 18.8 Å². The molecule has 2 N–H and O–H groups in total. The molecule has 0 atom stereocenters. The highest BCUT2D eigenvalue weighted by Crippen LogP contribution is 2.60. The van der Waals surface area contributed by atoms with Crippen molar-refractivity contribution in [1.82, 2.24) is 16.0 Å². The summed E-state index contributed by atoms with van der Waals surface area (Å²) in [6.07, 6.45) is 6.72. The van der Waals surface area contributed by atoms with E-state index in [4.69, 9.17) is 9.26 Å². The Kier molecular flexibility index (Phi) is 4.99. The van der Waals surface area contributed by atoms with Crippen LogP contribution in [0.1, 0.15) is 65.9 Å². The number of hydrazine groups is 1. The van der Waals surface area contributed by atoms with E-state index in [0.29, 0.717) is 35.7 Å². The number of carbonyl (C=O) groups is 2. The molecule has 4 saturated carbocycles. The third-order valence-electron chi connectivity index (χ3n) is 7.47. The van der Waals surface area contributed by atoms with Gasteiger partial charge in [0.15, 0.2) is 0 Å². The molecule has 2 amide bonds. The van der Waals surface area contributed by atoms with Crippen LogP contribution in [0.3, 0.4) is 0 Å². The second kappa shape index (κ2) is 7.70. The molecule has 0 spiro atoms. The number of amides is 2. The number of ether oxygens (including phenoxy) is 1. The summed E-state index contributed by atoms with van der Waals surface area (Å²) in [5.41, 5.74) is 7.18. The minimum atomic E-state index is -0.346. The molecule has 0 saturated heterocycles. The third kappa shape index (κ3) is 3.82. The first kappa shape index (κ1) is 20.1. The number of aryl methyl sites for hydroxylation is 2. The summed E-state index contributed by atoms with van der Waals surface area (Å²) in [4.78, 5) is 25.7. The SMILES string of the molecule is Cc1noc(C)c1COc1cccc(C(=O)NNC(=O)C23CC4CC(CC(C4)C2)C3)c1. The van der Waals surface area contributed by atoms with E-state index in [1.54, 1.807) is 24.3 Å². The molecule has 0 unspecified atom stereocenters. The summed E-state index contributed by atoms with van der Waals surface area (Å²) in [7, 11) is 0. The normalized spacial score (nSPS) is 28.4. The third-order valence-corrected chi connectivity index (χ3v) is 7.47.